The minimum atomic E-state index is -0.337. The molecule has 0 radical (unpaired) electrons. The largest absolute Gasteiger partial charge is 0.491 e. The molecule has 0 aliphatic carbocycles. The number of ether oxygens (including phenoxy) is 1. The third-order valence-corrected chi connectivity index (χ3v) is 3.83. The summed E-state index contributed by atoms with van der Waals surface area (Å²) in [6.45, 7) is 10.4. The Morgan fingerprint density at radius 1 is 1.06 bits per heavy atom. The molecule has 1 heterocycles. The SMILES string of the molecule is CC(C)Oc1ccc(NC(=NCC(=O)NC(C)(C)C)NCCNC(=O)c2ccco2)cc1.I. The van der Waals surface area contributed by atoms with Crippen LogP contribution in [0.3, 0.4) is 0 Å². The normalized spacial score (nSPS) is 11.4. The number of benzene rings is 1. The third kappa shape index (κ3) is 11.6. The van der Waals surface area contributed by atoms with Gasteiger partial charge in [0.25, 0.3) is 5.91 Å². The molecule has 0 aliphatic heterocycles. The number of amides is 2. The topological polar surface area (TPSA) is 117 Å². The molecule has 0 saturated carbocycles. The van der Waals surface area contributed by atoms with Crippen LogP contribution in [0.2, 0.25) is 0 Å². The van der Waals surface area contributed by atoms with Crippen molar-refractivity contribution >= 4 is 47.4 Å². The van der Waals surface area contributed by atoms with Crippen LogP contribution in [-0.2, 0) is 4.79 Å². The molecule has 10 heteroatoms. The number of anilines is 1. The van der Waals surface area contributed by atoms with E-state index in [1.807, 2.05) is 58.9 Å². The van der Waals surface area contributed by atoms with Gasteiger partial charge in [-0.3, -0.25) is 9.59 Å². The lowest BCUT2D eigenvalue weighted by Crippen LogP contribution is -2.43. The van der Waals surface area contributed by atoms with Crippen LogP contribution in [0.25, 0.3) is 0 Å². The summed E-state index contributed by atoms with van der Waals surface area (Å²) in [5, 5.41) is 11.9. The van der Waals surface area contributed by atoms with Crippen LogP contribution in [0.1, 0.15) is 45.2 Å². The van der Waals surface area contributed by atoms with Gasteiger partial charge in [0.05, 0.1) is 12.4 Å². The van der Waals surface area contributed by atoms with E-state index in [1.165, 1.54) is 6.26 Å². The number of carbonyl (C=O) groups is 2. The predicted octanol–water partition coefficient (Wildman–Crippen LogP) is 3.39. The van der Waals surface area contributed by atoms with E-state index >= 15 is 0 Å². The molecule has 2 amide bonds. The predicted molar refractivity (Wildman–Crippen MR) is 140 cm³/mol. The number of furan rings is 1. The molecule has 0 saturated heterocycles. The van der Waals surface area contributed by atoms with Gasteiger partial charge in [0.1, 0.15) is 12.3 Å². The minimum absolute atomic E-state index is 0. The van der Waals surface area contributed by atoms with Crippen molar-refractivity contribution in [3.8, 4) is 5.75 Å². The molecule has 2 rings (SSSR count). The highest BCUT2D eigenvalue weighted by Crippen LogP contribution is 2.16. The lowest BCUT2D eigenvalue weighted by Gasteiger charge is -2.20. The fraction of sp³-hybridized carbons (Fsp3) is 0.435. The fourth-order valence-electron chi connectivity index (χ4n) is 2.63. The molecule has 33 heavy (non-hydrogen) atoms. The summed E-state index contributed by atoms with van der Waals surface area (Å²) >= 11 is 0. The Hall–Kier alpha value is -2.76. The zero-order chi connectivity index (χ0) is 23.6. The van der Waals surface area contributed by atoms with E-state index in [-0.39, 0.29) is 59.7 Å². The molecule has 0 bridgehead atoms. The van der Waals surface area contributed by atoms with Gasteiger partial charge in [-0.25, -0.2) is 4.99 Å². The zero-order valence-corrected chi connectivity index (χ0v) is 22.1. The van der Waals surface area contributed by atoms with Crippen LogP contribution >= 0.6 is 24.0 Å². The van der Waals surface area contributed by atoms with Crippen LogP contribution < -0.4 is 26.0 Å². The summed E-state index contributed by atoms with van der Waals surface area (Å²) in [4.78, 5) is 28.5. The molecule has 9 nitrogen and oxygen atoms in total. The Labute approximate surface area is 212 Å². The molecule has 0 atom stereocenters. The average Bonchev–Trinajstić information content (AvgIpc) is 3.23. The average molecular weight is 571 g/mol. The van der Waals surface area contributed by atoms with Gasteiger partial charge in [-0.05, 0) is 71.0 Å². The number of hydrogen-bond acceptors (Lipinski definition) is 5. The highest BCUT2D eigenvalue weighted by Gasteiger charge is 2.13. The van der Waals surface area contributed by atoms with E-state index < -0.39 is 0 Å². The molecule has 2 aromatic rings. The maximum Gasteiger partial charge on any atom is 0.287 e. The molecular formula is C23H34IN5O4. The minimum Gasteiger partial charge on any atom is -0.491 e. The summed E-state index contributed by atoms with van der Waals surface area (Å²) in [5.74, 6) is 0.944. The highest BCUT2D eigenvalue weighted by molar-refractivity contribution is 14.0. The highest BCUT2D eigenvalue weighted by atomic mass is 127. The van der Waals surface area contributed by atoms with Crippen molar-refractivity contribution in [3.63, 3.8) is 0 Å². The van der Waals surface area contributed by atoms with E-state index in [1.54, 1.807) is 12.1 Å². The van der Waals surface area contributed by atoms with Crippen LogP contribution in [0.4, 0.5) is 5.69 Å². The first-order valence-corrected chi connectivity index (χ1v) is 10.6. The zero-order valence-electron chi connectivity index (χ0n) is 19.7. The second-order valence-electron chi connectivity index (χ2n) is 8.44. The summed E-state index contributed by atoms with van der Waals surface area (Å²) in [6.07, 6.45) is 1.53. The van der Waals surface area contributed by atoms with Crippen molar-refractivity contribution in [1.82, 2.24) is 16.0 Å². The van der Waals surface area contributed by atoms with Crippen LogP contribution in [-0.4, -0.2) is 49.1 Å². The molecule has 0 unspecified atom stereocenters. The second-order valence-corrected chi connectivity index (χ2v) is 8.44. The van der Waals surface area contributed by atoms with Gasteiger partial charge in [-0.2, -0.15) is 0 Å². The summed E-state index contributed by atoms with van der Waals surface area (Å²) in [5.41, 5.74) is 0.443. The number of hydrogen-bond donors (Lipinski definition) is 4. The Bertz CT molecular complexity index is 891. The first-order valence-electron chi connectivity index (χ1n) is 10.6. The molecular weight excluding hydrogens is 537 g/mol. The number of nitrogens with zero attached hydrogens (tertiary/aromatic N) is 1. The second kappa shape index (κ2) is 13.7. The molecule has 0 spiro atoms. The first-order chi connectivity index (χ1) is 15.1. The van der Waals surface area contributed by atoms with Gasteiger partial charge < -0.3 is 30.4 Å². The van der Waals surface area contributed by atoms with Crippen molar-refractivity contribution in [2.24, 2.45) is 4.99 Å². The quantitative estimate of drug-likeness (QED) is 0.159. The Morgan fingerprint density at radius 2 is 1.73 bits per heavy atom. The van der Waals surface area contributed by atoms with Crippen molar-refractivity contribution in [1.29, 1.82) is 0 Å². The first kappa shape index (κ1) is 28.3. The lowest BCUT2D eigenvalue weighted by molar-refractivity contribution is -0.121. The Morgan fingerprint density at radius 3 is 2.30 bits per heavy atom. The van der Waals surface area contributed by atoms with E-state index in [0.29, 0.717) is 19.0 Å². The summed E-state index contributed by atoms with van der Waals surface area (Å²) in [6, 6.07) is 10.7. The number of halogens is 1. The van der Waals surface area contributed by atoms with E-state index in [2.05, 4.69) is 26.3 Å². The van der Waals surface area contributed by atoms with E-state index in [0.717, 1.165) is 11.4 Å². The Kier molecular flexibility index (Phi) is 11.7. The van der Waals surface area contributed by atoms with Gasteiger partial charge >= 0.3 is 0 Å². The molecule has 0 fully saturated rings. The molecule has 4 N–H and O–H groups in total. The van der Waals surface area contributed by atoms with Gasteiger partial charge in [-0.1, -0.05) is 0 Å². The Balaban J connectivity index is 0.00000544. The number of aliphatic imine (C=N–C) groups is 1. The number of nitrogens with one attached hydrogen (secondary N) is 4. The van der Waals surface area contributed by atoms with Crippen molar-refractivity contribution in [2.75, 3.05) is 25.0 Å². The van der Waals surface area contributed by atoms with Gasteiger partial charge in [-0.15, -0.1) is 24.0 Å². The van der Waals surface area contributed by atoms with Crippen LogP contribution in [0.15, 0.2) is 52.1 Å². The number of rotatable bonds is 9. The van der Waals surface area contributed by atoms with Crippen molar-refractivity contribution in [3.05, 3.63) is 48.4 Å². The number of carbonyl (C=O) groups excluding carboxylic acids is 2. The summed E-state index contributed by atoms with van der Waals surface area (Å²) in [7, 11) is 0. The monoisotopic (exact) mass is 571 g/mol. The van der Waals surface area contributed by atoms with Crippen LogP contribution in [0, 0.1) is 0 Å². The maximum atomic E-state index is 12.2. The third-order valence-electron chi connectivity index (χ3n) is 3.83. The van der Waals surface area contributed by atoms with Gasteiger partial charge in [0.2, 0.25) is 5.91 Å². The molecule has 0 aliphatic rings. The van der Waals surface area contributed by atoms with Crippen molar-refractivity contribution in [2.45, 2.75) is 46.3 Å². The van der Waals surface area contributed by atoms with E-state index in [9.17, 15) is 9.59 Å². The fourth-order valence-corrected chi connectivity index (χ4v) is 2.63. The van der Waals surface area contributed by atoms with Crippen LogP contribution in [0.5, 0.6) is 5.75 Å². The maximum absolute atomic E-state index is 12.2. The standard InChI is InChI=1S/C23H33N5O4.HI/c1-16(2)32-18-10-8-17(9-11-18)27-22(26-15-20(29)28-23(3,4)5)25-13-12-24-21(30)19-7-6-14-31-19;/h6-11,14,16H,12-13,15H2,1-5H3,(H,24,30)(H,28,29)(H2,25,26,27);1H. The van der Waals surface area contributed by atoms with E-state index in [4.69, 9.17) is 9.15 Å². The smallest absolute Gasteiger partial charge is 0.287 e. The van der Waals surface area contributed by atoms with Crippen molar-refractivity contribution < 1.29 is 18.7 Å². The lowest BCUT2D eigenvalue weighted by atomic mass is 10.1. The van der Waals surface area contributed by atoms with Gasteiger partial charge in [0, 0.05) is 24.3 Å². The molecule has 182 valence electrons. The molecule has 1 aromatic heterocycles. The summed E-state index contributed by atoms with van der Waals surface area (Å²) < 4.78 is 10.7. The number of guanidine groups is 1. The van der Waals surface area contributed by atoms with Gasteiger partial charge in [0.15, 0.2) is 11.7 Å². The molecule has 1 aromatic carbocycles.